The highest BCUT2D eigenvalue weighted by molar-refractivity contribution is 6.10. The minimum atomic E-state index is -1.96. The van der Waals surface area contributed by atoms with Crippen molar-refractivity contribution in [3.05, 3.63) is 107 Å². The maximum absolute atomic E-state index is 13.6. The van der Waals surface area contributed by atoms with Gasteiger partial charge in [-0.15, -0.1) is 0 Å². The SMILES string of the molecule is O=C(/C=C/c1ccccc1)CC1(O)C(=O)N(Cc2cccc(F)c2)c2ccccc21. The standard InChI is InChI=1S/C25H20FNO3/c26-20-10-6-9-19(15-20)17-27-23-12-5-4-11-22(23)25(30,24(27)29)16-21(28)14-13-18-7-2-1-3-8-18/h1-15,30H,16-17H2/b14-13+. The van der Waals surface area contributed by atoms with Crippen LogP contribution in [0.1, 0.15) is 23.1 Å². The molecule has 3 aromatic rings. The number of aliphatic hydroxyl groups is 1. The lowest BCUT2D eigenvalue weighted by Crippen LogP contribution is -2.41. The van der Waals surface area contributed by atoms with Crippen LogP contribution in [-0.4, -0.2) is 16.8 Å². The second-order valence-corrected chi connectivity index (χ2v) is 7.29. The van der Waals surface area contributed by atoms with Gasteiger partial charge < -0.3 is 10.0 Å². The van der Waals surface area contributed by atoms with Crippen molar-refractivity contribution in [2.75, 3.05) is 4.90 Å². The molecule has 0 spiro atoms. The van der Waals surface area contributed by atoms with E-state index >= 15 is 0 Å². The normalized spacial score (nSPS) is 18.1. The van der Waals surface area contributed by atoms with Crippen molar-refractivity contribution in [3.63, 3.8) is 0 Å². The number of rotatable bonds is 6. The topological polar surface area (TPSA) is 57.6 Å². The largest absolute Gasteiger partial charge is 0.375 e. The maximum Gasteiger partial charge on any atom is 0.264 e. The highest BCUT2D eigenvalue weighted by atomic mass is 19.1. The van der Waals surface area contributed by atoms with Gasteiger partial charge >= 0.3 is 0 Å². The van der Waals surface area contributed by atoms with Gasteiger partial charge in [0.2, 0.25) is 0 Å². The minimum absolute atomic E-state index is 0.101. The molecule has 0 saturated carbocycles. The second kappa shape index (κ2) is 8.05. The Labute approximate surface area is 173 Å². The second-order valence-electron chi connectivity index (χ2n) is 7.29. The molecule has 150 valence electrons. The summed E-state index contributed by atoms with van der Waals surface area (Å²) in [6, 6.07) is 22.1. The van der Waals surface area contributed by atoms with E-state index in [2.05, 4.69) is 0 Å². The maximum atomic E-state index is 13.6. The Balaban J connectivity index is 1.60. The zero-order valence-corrected chi connectivity index (χ0v) is 16.2. The fourth-order valence-corrected chi connectivity index (χ4v) is 3.72. The van der Waals surface area contributed by atoms with Gasteiger partial charge in [0.1, 0.15) is 5.82 Å². The third kappa shape index (κ3) is 3.80. The van der Waals surface area contributed by atoms with Crippen LogP contribution >= 0.6 is 0 Å². The van der Waals surface area contributed by atoms with Crippen molar-refractivity contribution in [2.24, 2.45) is 0 Å². The third-order valence-corrected chi connectivity index (χ3v) is 5.16. The van der Waals surface area contributed by atoms with Crippen molar-refractivity contribution in [2.45, 2.75) is 18.6 Å². The number of amides is 1. The van der Waals surface area contributed by atoms with Gasteiger partial charge in [-0.3, -0.25) is 9.59 Å². The fourth-order valence-electron chi connectivity index (χ4n) is 3.72. The summed E-state index contributed by atoms with van der Waals surface area (Å²) in [4.78, 5) is 27.2. The van der Waals surface area contributed by atoms with Crippen LogP contribution in [-0.2, 0) is 21.7 Å². The third-order valence-electron chi connectivity index (χ3n) is 5.16. The first-order valence-corrected chi connectivity index (χ1v) is 9.62. The van der Waals surface area contributed by atoms with Crippen molar-refractivity contribution in [1.82, 2.24) is 0 Å². The lowest BCUT2D eigenvalue weighted by molar-refractivity contribution is -0.140. The molecule has 0 saturated heterocycles. The zero-order valence-electron chi connectivity index (χ0n) is 16.2. The molecule has 1 unspecified atom stereocenters. The fraction of sp³-hybridized carbons (Fsp3) is 0.120. The molecule has 4 rings (SSSR count). The first-order chi connectivity index (χ1) is 14.5. The van der Waals surface area contributed by atoms with Crippen molar-refractivity contribution in [1.29, 1.82) is 0 Å². The number of carbonyl (C=O) groups excluding carboxylic acids is 2. The molecule has 1 heterocycles. The Kier molecular flexibility index (Phi) is 5.29. The molecule has 3 aromatic carbocycles. The van der Waals surface area contributed by atoms with Crippen LogP contribution in [0.25, 0.3) is 6.08 Å². The number of allylic oxidation sites excluding steroid dienone is 1. The van der Waals surface area contributed by atoms with E-state index in [-0.39, 0.29) is 18.7 Å². The van der Waals surface area contributed by atoms with E-state index in [0.717, 1.165) is 5.56 Å². The van der Waals surface area contributed by atoms with E-state index in [4.69, 9.17) is 0 Å². The highest BCUT2D eigenvalue weighted by Crippen LogP contribution is 2.43. The lowest BCUT2D eigenvalue weighted by atomic mass is 9.89. The summed E-state index contributed by atoms with van der Waals surface area (Å²) >= 11 is 0. The Morgan fingerprint density at radius 3 is 2.50 bits per heavy atom. The predicted octanol–water partition coefficient (Wildman–Crippen LogP) is 4.23. The molecule has 5 heteroatoms. The minimum Gasteiger partial charge on any atom is -0.375 e. The number of benzene rings is 3. The number of carbonyl (C=O) groups is 2. The van der Waals surface area contributed by atoms with Crippen LogP contribution in [0.3, 0.4) is 0 Å². The molecular weight excluding hydrogens is 381 g/mol. The first kappa shape index (κ1) is 19.7. The molecule has 4 nitrogen and oxygen atoms in total. The summed E-state index contributed by atoms with van der Waals surface area (Å²) in [5.41, 5.74) is 0.394. The number of anilines is 1. The van der Waals surface area contributed by atoms with E-state index in [1.165, 1.54) is 23.1 Å². The average molecular weight is 401 g/mol. The summed E-state index contributed by atoms with van der Waals surface area (Å²) in [5.74, 6) is -1.35. The monoisotopic (exact) mass is 401 g/mol. The molecule has 0 aliphatic carbocycles. The van der Waals surface area contributed by atoms with Gasteiger partial charge in [-0.1, -0.05) is 66.7 Å². The van der Waals surface area contributed by atoms with E-state index in [9.17, 15) is 19.1 Å². The van der Waals surface area contributed by atoms with E-state index in [0.29, 0.717) is 16.8 Å². The Morgan fingerprint density at radius 2 is 1.73 bits per heavy atom. The van der Waals surface area contributed by atoms with Gasteiger partial charge in [0, 0.05) is 5.56 Å². The van der Waals surface area contributed by atoms with E-state index in [1.54, 1.807) is 42.5 Å². The number of halogens is 1. The van der Waals surface area contributed by atoms with Crippen molar-refractivity contribution < 1.29 is 19.1 Å². The molecule has 0 bridgehead atoms. The summed E-state index contributed by atoms with van der Waals surface area (Å²) in [5, 5.41) is 11.3. The Bertz CT molecular complexity index is 1130. The van der Waals surface area contributed by atoms with Gasteiger partial charge in [0.05, 0.1) is 18.7 Å². The molecule has 0 radical (unpaired) electrons. The molecule has 1 aliphatic heterocycles. The van der Waals surface area contributed by atoms with Gasteiger partial charge in [0.25, 0.3) is 5.91 Å². The predicted molar refractivity (Wildman–Crippen MR) is 113 cm³/mol. The molecule has 1 aliphatic rings. The van der Waals surface area contributed by atoms with Gasteiger partial charge in [-0.05, 0) is 35.4 Å². The number of fused-ring (bicyclic) bond motifs is 1. The van der Waals surface area contributed by atoms with Crippen LogP contribution in [0.2, 0.25) is 0 Å². The zero-order chi connectivity index (χ0) is 21.1. The van der Waals surface area contributed by atoms with Crippen LogP contribution in [0.4, 0.5) is 10.1 Å². The quantitative estimate of drug-likeness (QED) is 0.629. The molecule has 1 N–H and O–H groups in total. The first-order valence-electron chi connectivity index (χ1n) is 9.62. The van der Waals surface area contributed by atoms with Gasteiger partial charge in [0.15, 0.2) is 11.4 Å². The molecule has 1 atom stereocenters. The average Bonchev–Trinajstić information content (AvgIpc) is 2.95. The van der Waals surface area contributed by atoms with E-state index < -0.39 is 17.3 Å². The van der Waals surface area contributed by atoms with Crippen LogP contribution in [0, 0.1) is 5.82 Å². The molecular formula is C25H20FNO3. The van der Waals surface area contributed by atoms with Crippen LogP contribution in [0.15, 0.2) is 84.9 Å². The van der Waals surface area contributed by atoms with Gasteiger partial charge in [-0.2, -0.15) is 0 Å². The Morgan fingerprint density at radius 1 is 1.00 bits per heavy atom. The number of hydrogen-bond acceptors (Lipinski definition) is 3. The summed E-state index contributed by atoms with van der Waals surface area (Å²) in [6.07, 6.45) is 2.66. The molecule has 1 amide bonds. The van der Waals surface area contributed by atoms with Crippen molar-refractivity contribution in [3.8, 4) is 0 Å². The Hall–Kier alpha value is -3.57. The smallest absolute Gasteiger partial charge is 0.264 e. The van der Waals surface area contributed by atoms with Crippen LogP contribution < -0.4 is 4.90 Å². The van der Waals surface area contributed by atoms with E-state index in [1.807, 2.05) is 30.3 Å². The number of ketones is 1. The number of nitrogens with zero attached hydrogens (tertiary/aromatic N) is 1. The van der Waals surface area contributed by atoms with Crippen molar-refractivity contribution >= 4 is 23.5 Å². The molecule has 0 aromatic heterocycles. The number of para-hydroxylation sites is 1. The molecule has 30 heavy (non-hydrogen) atoms. The molecule has 0 fully saturated rings. The van der Waals surface area contributed by atoms with Crippen LogP contribution in [0.5, 0.6) is 0 Å². The van der Waals surface area contributed by atoms with Gasteiger partial charge in [-0.25, -0.2) is 4.39 Å². The summed E-state index contributed by atoms with van der Waals surface area (Å²) in [7, 11) is 0. The number of hydrogen-bond donors (Lipinski definition) is 1. The highest BCUT2D eigenvalue weighted by Gasteiger charge is 2.50. The summed E-state index contributed by atoms with van der Waals surface area (Å²) in [6.45, 7) is 0.101. The summed E-state index contributed by atoms with van der Waals surface area (Å²) < 4.78 is 13.6. The lowest BCUT2D eigenvalue weighted by Gasteiger charge is -2.22.